The first-order chi connectivity index (χ1) is 7.49. The monoisotopic (exact) mass is 247 g/mol. The van der Waals surface area contributed by atoms with E-state index in [9.17, 15) is 24.2 Å². The summed E-state index contributed by atoms with van der Waals surface area (Å²) in [6.07, 6.45) is -3.30. The van der Waals surface area contributed by atoms with E-state index in [-0.39, 0.29) is 13.0 Å². The predicted molar refractivity (Wildman–Crippen MR) is 55.8 cm³/mol. The zero-order chi connectivity index (χ0) is 13.6. The Hall–Kier alpha value is -1.17. The van der Waals surface area contributed by atoms with Gasteiger partial charge in [-0.2, -0.15) is 0 Å². The number of likely N-dealkylation sites (tertiary alicyclic amines) is 1. The van der Waals surface area contributed by atoms with E-state index in [2.05, 4.69) is 0 Å². The van der Waals surface area contributed by atoms with Crippen LogP contribution in [0.4, 0.5) is 9.18 Å². The molecule has 0 spiro atoms. The maximum atomic E-state index is 13.6. The average molecular weight is 247 g/mol. The third-order valence-corrected chi connectivity index (χ3v) is 3.85. The highest BCUT2D eigenvalue weighted by molar-refractivity contribution is 5.80. The van der Waals surface area contributed by atoms with E-state index in [0.29, 0.717) is 0 Å². The molecule has 0 aromatic carbocycles. The number of rotatable bonds is 1. The highest BCUT2D eigenvalue weighted by atomic mass is 19.1. The molecule has 1 heterocycles. The first kappa shape index (κ1) is 13.9. The molecule has 1 aliphatic rings. The van der Waals surface area contributed by atoms with Gasteiger partial charge in [-0.15, -0.1) is 0 Å². The summed E-state index contributed by atoms with van der Waals surface area (Å²) in [7, 11) is 0. The van der Waals surface area contributed by atoms with E-state index in [1.54, 1.807) is 20.8 Å². The molecule has 98 valence electrons. The van der Waals surface area contributed by atoms with Crippen molar-refractivity contribution in [3.8, 4) is 0 Å². The molecule has 1 unspecified atom stereocenters. The molecule has 1 fully saturated rings. The Balaban J connectivity index is 3.49. The third-order valence-electron chi connectivity index (χ3n) is 3.85. The maximum Gasteiger partial charge on any atom is 0.366 e. The lowest BCUT2D eigenvalue weighted by Gasteiger charge is -2.52. The molecule has 0 aliphatic carbocycles. The van der Waals surface area contributed by atoms with Gasteiger partial charge in [-0.3, -0.25) is 4.48 Å². The van der Waals surface area contributed by atoms with E-state index in [1.807, 2.05) is 0 Å². The third kappa shape index (κ3) is 1.62. The predicted octanol–water partition coefficient (Wildman–Crippen LogP) is 0.530. The molecular weight excluding hydrogens is 229 g/mol. The SMILES string of the molecule is CC(C)(C)[N+]1(C(=O)[O-])C[C@@H](F)C[C@@]1(C)C(=O)O. The normalized spacial score (nSPS) is 38.1. The number of hydrogen-bond acceptors (Lipinski definition) is 3. The molecule has 3 atom stereocenters. The summed E-state index contributed by atoms with van der Waals surface area (Å²) >= 11 is 0. The van der Waals surface area contributed by atoms with E-state index in [0.717, 1.165) is 0 Å². The van der Waals surface area contributed by atoms with Crippen LogP contribution in [-0.2, 0) is 4.79 Å². The lowest BCUT2D eigenvalue weighted by molar-refractivity contribution is -0.944. The van der Waals surface area contributed by atoms with Crippen LogP contribution in [0.15, 0.2) is 0 Å². The van der Waals surface area contributed by atoms with Crippen molar-refractivity contribution in [1.29, 1.82) is 0 Å². The highest BCUT2D eigenvalue weighted by Gasteiger charge is 2.67. The van der Waals surface area contributed by atoms with Crippen molar-refractivity contribution in [3.63, 3.8) is 0 Å². The van der Waals surface area contributed by atoms with Crippen molar-refractivity contribution < 1.29 is 28.7 Å². The van der Waals surface area contributed by atoms with Gasteiger partial charge in [-0.1, -0.05) is 0 Å². The van der Waals surface area contributed by atoms with Gasteiger partial charge in [0.1, 0.15) is 6.54 Å². The van der Waals surface area contributed by atoms with E-state index < -0.39 is 33.8 Å². The second-order valence-corrected chi connectivity index (χ2v) is 5.81. The quantitative estimate of drug-likeness (QED) is 0.686. The van der Waals surface area contributed by atoms with Crippen LogP contribution in [0.5, 0.6) is 0 Å². The molecular formula is C11H18FNO4. The Morgan fingerprint density at radius 2 is 1.94 bits per heavy atom. The van der Waals surface area contributed by atoms with Crippen LogP contribution < -0.4 is 5.11 Å². The van der Waals surface area contributed by atoms with Crippen LogP contribution >= 0.6 is 0 Å². The lowest BCUT2D eigenvalue weighted by atomic mass is 9.90. The fourth-order valence-electron chi connectivity index (χ4n) is 2.96. The Bertz CT molecular complexity index is 365. The van der Waals surface area contributed by atoms with Crippen molar-refractivity contribution in [2.24, 2.45) is 0 Å². The van der Waals surface area contributed by atoms with Gasteiger partial charge in [-0.05, 0) is 20.8 Å². The van der Waals surface area contributed by atoms with Gasteiger partial charge < -0.3 is 15.0 Å². The molecule has 0 bridgehead atoms. The Morgan fingerprint density at radius 1 is 1.47 bits per heavy atom. The molecule has 0 aromatic heterocycles. The maximum absolute atomic E-state index is 13.6. The van der Waals surface area contributed by atoms with Gasteiger partial charge in [0.2, 0.25) is 5.54 Å². The Morgan fingerprint density at radius 3 is 2.18 bits per heavy atom. The molecule has 1 saturated heterocycles. The van der Waals surface area contributed by atoms with Gasteiger partial charge in [0.15, 0.2) is 6.17 Å². The topological polar surface area (TPSA) is 77.4 Å². The van der Waals surface area contributed by atoms with E-state index in [1.165, 1.54) is 6.92 Å². The van der Waals surface area contributed by atoms with Gasteiger partial charge in [0, 0.05) is 6.92 Å². The molecule has 1 N–H and O–H groups in total. The molecule has 1 aliphatic heterocycles. The number of halogens is 1. The molecule has 0 radical (unpaired) electrons. The Kier molecular flexibility index (Phi) is 2.99. The minimum atomic E-state index is -1.70. The van der Waals surface area contributed by atoms with Gasteiger partial charge >= 0.3 is 5.97 Å². The summed E-state index contributed by atoms with van der Waals surface area (Å²) < 4.78 is 12.7. The molecule has 0 saturated carbocycles. The summed E-state index contributed by atoms with van der Waals surface area (Å²) in [5.74, 6) is -1.31. The van der Waals surface area contributed by atoms with Crippen molar-refractivity contribution >= 4 is 12.1 Å². The first-order valence-electron chi connectivity index (χ1n) is 5.46. The zero-order valence-corrected chi connectivity index (χ0v) is 10.5. The summed E-state index contributed by atoms with van der Waals surface area (Å²) in [6, 6.07) is 0. The van der Waals surface area contributed by atoms with Crippen LogP contribution in [0.25, 0.3) is 0 Å². The van der Waals surface area contributed by atoms with Crippen molar-refractivity contribution in [2.75, 3.05) is 6.54 Å². The minimum Gasteiger partial charge on any atom is -0.498 e. The summed E-state index contributed by atoms with van der Waals surface area (Å²) in [5, 5.41) is 20.7. The number of amides is 1. The number of aliphatic carboxylic acids is 1. The number of carbonyl (C=O) groups is 2. The number of hydrogen-bond donors (Lipinski definition) is 1. The second kappa shape index (κ2) is 3.66. The number of carboxylic acids is 1. The smallest absolute Gasteiger partial charge is 0.366 e. The number of nitrogens with zero attached hydrogens (tertiary/aromatic N) is 1. The van der Waals surface area contributed by atoms with Crippen LogP contribution in [0, 0.1) is 0 Å². The first-order valence-corrected chi connectivity index (χ1v) is 5.46. The molecule has 6 heteroatoms. The van der Waals surface area contributed by atoms with Crippen LogP contribution in [0.1, 0.15) is 34.1 Å². The number of carboxylic acid groups (broad SMARTS) is 2. The van der Waals surface area contributed by atoms with E-state index in [4.69, 9.17) is 0 Å². The number of alkyl halides is 1. The number of quaternary nitrogens is 1. The summed E-state index contributed by atoms with van der Waals surface area (Å²) in [6.45, 7) is 5.66. The molecule has 0 aromatic rings. The van der Waals surface area contributed by atoms with E-state index >= 15 is 0 Å². The fraction of sp³-hybridized carbons (Fsp3) is 0.818. The minimum absolute atomic E-state index is 0.312. The zero-order valence-electron chi connectivity index (χ0n) is 10.5. The fourth-order valence-corrected chi connectivity index (χ4v) is 2.96. The van der Waals surface area contributed by atoms with Crippen LogP contribution in [0.2, 0.25) is 0 Å². The van der Waals surface area contributed by atoms with Gasteiger partial charge in [0.05, 0.1) is 12.0 Å². The van der Waals surface area contributed by atoms with Crippen LogP contribution in [0.3, 0.4) is 0 Å². The lowest BCUT2D eigenvalue weighted by Crippen LogP contribution is -2.76. The highest BCUT2D eigenvalue weighted by Crippen LogP contribution is 2.45. The largest absolute Gasteiger partial charge is 0.498 e. The molecule has 17 heavy (non-hydrogen) atoms. The summed E-state index contributed by atoms with van der Waals surface area (Å²) in [5.41, 5.74) is -2.65. The summed E-state index contributed by atoms with van der Waals surface area (Å²) in [4.78, 5) is 22.8. The van der Waals surface area contributed by atoms with Gasteiger partial charge in [-0.25, -0.2) is 9.18 Å². The molecule has 1 amide bonds. The van der Waals surface area contributed by atoms with Crippen molar-refractivity contribution in [1.82, 2.24) is 0 Å². The Labute approximate surface area is 99.4 Å². The van der Waals surface area contributed by atoms with Crippen molar-refractivity contribution in [3.05, 3.63) is 0 Å². The van der Waals surface area contributed by atoms with Crippen molar-refractivity contribution in [2.45, 2.75) is 51.4 Å². The van der Waals surface area contributed by atoms with Gasteiger partial charge in [0.25, 0.3) is 6.09 Å². The van der Waals surface area contributed by atoms with Crippen LogP contribution in [-0.4, -0.2) is 45.4 Å². The molecule has 5 nitrogen and oxygen atoms in total. The standard InChI is InChI=1S/C11H18FNO4/c1-10(2,3)13(9(16)17)6-7(12)5-11(13,4)8(14)15/h7H,5-6H2,1-4H3,(H-,14,15,16,17)/t7-,11-,13?/m0/s1. The average Bonchev–Trinajstić information content (AvgIpc) is 2.38. The second-order valence-electron chi connectivity index (χ2n) is 5.81. The molecule has 1 rings (SSSR count). The number of carbonyl (C=O) groups excluding carboxylic acids is 1.